The molecule has 0 bridgehead atoms. The first-order chi connectivity index (χ1) is 12.6. The van der Waals surface area contributed by atoms with Crippen molar-refractivity contribution in [3.63, 3.8) is 0 Å². The third kappa shape index (κ3) is 4.46. The van der Waals surface area contributed by atoms with E-state index < -0.39 is 11.8 Å². The molecule has 130 valence electrons. The Morgan fingerprint density at radius 1 is 0.923 bits per heavy atom. The number of carbonyl (C=O) groups is 2. The molecule has 0 spiro atoms. The van der Waals surface area contributed by atoms with Crippen molar-refractivity contribution in [3.8, 4) is 0 Å². The molecule has 0 saturated carbocycles. The van der Waals surface area contributed by atoms with Gasteiger partial charge in [-0.05, 0) is 57.5 Å². The van der Waals surface area contributed by atoms with Crippen LogP contribution in [0.1, 0.15) is 44.2 Å². The first-order valence-electron chi connectivity index (χ1n) is 7.69. The fourth-order valence-corrected chi connectivity index (χ4v) is 2.67. The molecule has 9 nitrogen and oxygen atoms in total. The summed E-state index contributed by atoms with van der Waals surface area (Å²) in [5.74, 6) is -1.53. The van der Waals surface area contributed by atoms with Crippen molar-refractivity contribution in [1.82, 2.24) is 0 Å². The fraction of sp³-hybridized carbons (Fsp3) is 0.176. The van der Waals surface area contributed by atoms with Crippen LogP contribution in [0.15, 0.2) is 58.8 Å². The van der Waals surface area contributed by atoms with Gasteiger partial charge in [-0.2, -0.15) is 0 Å². The Morgan fingerprint density at radius 2 is 1.38 bits per heavy atom. The lowest BCUT2D eigenvalue weighted by Crippen LogP contribution is -2.10. The molecule has 0 radical (unpaired) electrons. The molecule has 0 fully saturated rings. The molecule has 2 N–H and O–H groups in total. The van der Waals surface area contributed by atoms with E-state index in [1.165, 1.54) is 0 Å². The lowest BCUT2D eigenvalue weighted by Gasteiger charge is -2.18. The van der Waals surface area contributed by atoms with Gasteiger partial charge >= 0.3 is 0 Å². The van der Waals surface area contributed by atoms with Gasteiger partial charge < -0.3 is 5.73 Å². The lowest BCUT2D eigenvalue weighted by molar-refractivity contribution is 0.0992. The van der Waals surface area contributed by atoms with Crippen molar-refractivity contribution in [1.29, 1.82) is 0 Å². The van der Waals surface area contributed by atoms with Crippen LogP contribution in [0.2, 0.25) is 0 Å². The van der Waals surface area contributed by atoms with Crippen LogP contribution in [0.25, 0.3) is 20.9 Å². The second-order valence-electron chi connectivity index (χ2n) is 5.37. The molecule has 2 aromatic rings. The fourth-order valence-electron chi connectivity index (χ4n) is 2.67. The van der Waals surface area contributed by atoms with Gasteiger partial charge in [0.2, 0.25) is 11.8 Å². The third-order valence-electron chi connectivity index (χ3n) is 3.80. The molecule has 0 aliphatic heterocycles. The predicted octanol–water partition coefficient (Wildman–Crippen LogP) is 4.07. The van der Waals surface area contributed by atoms with Crippen molar-refractivity contribution < 1.29 is 9.59 Å². The van der Waals surface area contributed by atoms with E-state index in [1.54, 1.807) is 36.4 Å². The zero-order chi connectivity index (χ0) is 18.9. The molecule has 0 heterocycles. The number of hydrogen-bond acceptors (Lipinski definition) is 3. The van der Waals surface area contributed by atoms with Crippen molar-refractivity contribution in [2.75, 3.05) is 6.54 Å². The number of rotatable bonds is 6. The first kappa shape index (κ1) is 18.7. The topological polar surface area (TPSA) is 158 Å². The number of benzene rings is 2. The van der Waals surface area contributed by atoms with E-state index in [9.17, 15) is 9.59 Å². The Bertz CT molecular complexity index is 855. The van der Waals surface area contributed by atoms with Crippen LogP contribution < -0.4 is 5.73 Å². The normalized spacial score (nSPS) is 11.0. The van der Waals surface area contributed by atoms with Gasteiger partial charge in [-0.1, -0.05) is 36.4 Å². The van der Waals surface area contributed by atoms with E-state index >= 15 is 0 Å². The van der Waals surface area contributed by atoms with Gasteiger partial charge in [0.15, 0.2) is 0 Å². The number of nitrogens with zero attached hydrogens (tertiary/aromatic N) is 6. The summed E-state index contributed by atoms with van der Waals surface area (Å²) in [6.45, 7) is 0.383. The molecule has 0 aliphatic rings. The SMILES string of the molecule is [N-]=[N+]=NC(=O)c1cccc(C(CCN)c2cccc(C(=O)N=[N+]=[N-])c2)c1. The molecule has 26 heavy (non-hydrogen) atoms. The first-order valence-corrected chi connectivity index (χ1v) is 7.69. The summed E-state index contributed by atoms with van der Waals surface area (Å²) in [6, 6.07) is 13.4. The van der Waals surface area contributed by atoms with Crippen molar-refractivity contribution in [2.24, 2.45) is 16.0 Å². The predicted molar refractivity (Wildman–Crippen MR) is 95.4 cm³/mol. The van der Waals surface area contributed by atoms with E-state index in [4.69, 9.17) is 16.8 Å². The van der Waals surface area contributed by atoms with Crippen LogP contribution in [-0.2, 0) is 0 Å². The van der Waals surface area contributed by atoms with E-state index in [1.807, 2.05) is 12.1 Å². The molecule has 2 amide bonds. The summed E-state index contributed by atoms with van der Waals surface area (Å²) in [5.41, 5.74) is 24.7. The van der Waals surface area contributed by atoms with Crippen LogP contribution in [0, 0.1) is 0 Å². The summed E-state index contributed by atoms with van der Waals surface area (Å²) in [7, 11) is 0. The number of nitrogens with two attached hydrogens (primary N) is 1. The Balaban J connectivity index is 2.47. The van der Waals surface area contributed by atoms with Gasteiger partial charge in [0.05, 0.1) is 0 Å². The minimum Gasteiger partial charge on any atom is -0.330 e. The molecular formula is C17H15N7O2. The van der Waals surface area contributed by atoms with Gasteiger partial charge in [-0.25, -0.2) is 0 Å². The summed E-state index contributed by atoms with van der Waals surface area (Å²) < 4.78 is 0. The highest BCUT2D eigenvalue weighted by Gasteiger charge is 2.16. The highest BCUT2D eigenvalue weighted by Crippen LogP contribution is 2.29. The van der Waals surface area contributed by atoms with Gasteiger partial charge in [-0.3, -0.25) is 9.59 Å². The largest absolute Gasteiger partial charge is 0.330 e. The minimum atomic E-state index is -0.673. The average Bonchev–Trinajstić information content (AvgIpc) is 2.66. The van der Waals surface area contributed by atoms with E-state index in [-0.39, 0.29) is 17.0 Å². The van der Waals surface area contributed by atoms with Crippen molar-refractivity contribution in [3.05, 3.63) is 91.7 Å². The Hall–Kier alpha value is -3.64. The van der Waals surface area contributed by atoms with Crippen molar-refractivity contribution in [2.45, 2.75) is 12.3 Å². The maximum Gasteiger partial charge on any atom is 0.249 e. The minimum absolute atomic E-state index is 0.183. The third-order valence-corrected chi connectivity index (χ3v) is 3.80. The molecule has 2 aromatic carbocycles. The number of carbonyl (C=O) groups excluding carboxylic acids is 2. The Morgan fingerprint density at radius 3 is 1.77 bits per heavy atom. The quantitative estimate of drug-likeness (QED) is 0.474. The standard InChI is InChI=1S/C17H15N7O2/c18-8-7-15(11-3-1-5-13(9-11)16(25)21-23-19)12-4-2-6-14(10-12)17(26)22-24-20/h1-6,9-10,15H,7-8,18H2. The summed E-state index contributed by atoms with van der Waals surface area (Å²) >= 11 is 0. The zero-order valence-corrected chi connectivity index (χ0v) is 13.7. The lowest BCUT2D eigenvalue weighted by atomic mass is 9.87. The van der Waals surface area contributed by atoms with Gasteiger partial charge in [0, 0.05) is 26.9 Å². The van der Waals surface area contributed by atoms with Crippen LogP contribution >= 0.6 is 0 Å². The molecule has 0 unspecified atom stereocenters. The monoisotopic (exact) mass is 349 g/mol. The van der Waals surface area contributed by atoms with Gasteiger partial charge in [0.1, 0.15) is 0 Å². The highest BCUT2D eigenvalue weighted by molar-refractivity contribution is 5.95. The van der Waals surface area contributed by atoms with Crippen LogP contribution in [0.4, 0.5) is 0 Å². The maximum absolute atomic E-state index is 11.8. The molecule has 0 aromatic heterocycles. The van der Waals surface area contributed by atoms with Crippen LogP contribution in [0.5, 0.6) is 0 Å². The van der Waals surface area contributed by atoms with Crippen LogP contribution in [-0.4, -0.2) is 18.4 Å². The van der Waals surface area contributed by atoms with Crippen LogP contribution in [0.3, 0.4) is 0 Å². The highest BCUT2D eigenvalue weighted by atomic mass is 16.2. The summed E-state index contributed by atoms with van der Waals surface area (Å²) in [6.07, 6.45) is 0.568. The molecule has 0 saturated heterocycles. The zero-order valence-electron chi connectivity index (χ0n) is 13.7. The number of azide groups is 2. The van der Waals surface area contributed by atoms with E-state index in [2.05, 4.69) is 20.1 Å². The Labute approximate surface area is 148 Å². The van der Waals surface area contributed by atoms with E-state index in [0.717, 1.165) is 11.1 Å². The summed E-state index contributed by atoms with van der Waals surface area (Å²) in [5, 5.41) is 6.20. The summed E-state index contributed by atoms with van der Waals surface area (Å²) in [4.78, 5) is 28.6. The van der Waals surface area contributed by atoms with Crippen molar-refractivity contribution >= 4 is 11.8 Å². The van der Waals surface area contributed by atoms with Gasteiger partial charge in [0.25, 0.3) is 0 Å². The number of amides is 2. The average molecular weight is 349 g/mol. The Kier molecular flexibility index (Phi) is 6.47. The smallest absolute Gasteiger partial charge is 0.249 e. The molecular weight excluding hydrogens is 334 g/mol. The maximum atomic E-state index is 11.8. The van der Waals surface area contributed by atoms with Gasteiger partial charge in [-0.15, -0.1) is 0 Å². The molecule has 0 atom stereocenters. The molecule has 2 rings (SSSR count). The molecule has 9 heteroatoms. The second-order valence-corrected chi connectivity index (χ2v) is 5.37. The second kappa shape index (κ2) is 9.00. The molecule has 0 aliphatic carbocycles. The number of hydrogen-bond donors (Lipinski definition) is 1. The van der Waals surface area contributed by atoms with E-state index in [0.29, 0.717) is 13.0 Å².